The summed E-state index contributed by atoms with van der Waals surface area (Å²) in [4.78, 5) is 14.1. The number of hydrogen-bond donors (Lipinski definition) is 0. The maximum absolute atomic E-state index is 12.3. The number of likely N-dealkylation sites (tertiary alicyclic amines) is 1. The first-order chi connectivity index (χ1) is 10.2. The van der Waals surface area contributed by atoms with E-state index in [-0.39, 0.29) is 5.91 Å². The van der Waals surface area contributed by atoms with Crippen LogP contribution in [0.4, 0.5) is 0 Å². The molecule has 21 heavy (non-hydrogen) atoms. The van der Waals surface area contributed by atoms with Crippen molar-refractivity contribution in [2.45, 2.75) is 13.5 Å². The molecule has 5 heteroatoms. The summed E-state index contributed by atoms with van der Waals surface area (Å²) in [6, 6.07) is 8.91. The molecule has 0 unspecified atom stereocenters. The molecular formula is C16H16N4O. The van der Waals surface area contributed by atoms with Crippen LogP contribution < -0.4 is 0 Å². The third-order valence-corrected chi connectivity index (χ3v) is 3.69. The van der Waals surface area contributed by atoms with E-state index in [1.54, 1.807) is 24.3 Å². The fourth-order valence-corrected chi connectivity index (χ4v) is 2.59. The molecule has 5 nitrogen and oxygen atoms in total. The van der Waals surface area contributed by atoms with Gasteiger partial charge in [0.25, 0.3) is 5.91 Å². The van der Waals surface area contributed by atoms with Crippen LogP contribution in [0.1, 0.15) is 21.5 Å². The molecule has 0 N–H and O–H groups in total. The molecule has 2 aromatic rings. The Morgan fingerprint density at radius 2 is 2.29 bits per heavy atom. The first kappa shape index (κ1) is 13.4. The predicted octanol–water partition coefficient (Wildman–Crippen LogP) is 1.84. The van der Waals surface area contributed by atoms with Gasteiger partial charge in [0, 0.05) is 37.3 Å². The smallest absolute Gasteiger partial charge is 0.253 e. The van der Waals surface area contributed by atoms with Crippen molar-refractivity contribution in [1.82, 2.24) is 14.7 Å². The predicted molar refractivity (Wildman–Crippen MR) is 77.5 cm³/mol. The van der Waals surface area contributed by atoms with E-state index in [1.807, 2.05) is 28.9 Å². The number of nitriles is 1. The molecule has 0 spiro atoms. The van der Waals surface area contributed by atoms with Crippen LogP contribution in [0.5, 0.6) is 0 Å². The molecule has 0 bridgehead atoms. The Kier molecular flexibility index (Phi) is 3.44. The lowest BCUT2D eigenvalue weighted by atomic mass is 9.98. The minimum atomic E-state index is -0.00000383. The lowest BCUT2D eigenvalue weighted by molar-refractivity contribution is 0.0461. The third kappa shape index (κ3) is 2.79. The summed E-state index contributed by atoms with van der Waals surface area (Å²) in [5.74, 6) is 0.451. The average molecular weight is 280 g/mol. The van der Waals surface area contributed by atoms with E-state index in [4.69, 9.17) is 5.26 Å². The molecule has 0 atom stereocenters. The van der Waals surface area contributed by atoms with Gasteiger partial charge in [-0.15, -0.1) is 0 Å². The Hall–Kier alpha value is -2.61. The summed E-state index contributed by atoms with van der Waals surface area (Å²) in [7, 11) is 0. The summed E-state index contributed by atoms with van der Waals surface area (Å²) >= 11 is 0. The van der Waals surface area contributed by atoms with Crippen molar-refractivity contribution >= 4 is 5.91 Å². The minimum absolute atomic E-state index is 0.00000383. The number of benzene rings is 1. The lowest BCUT2D eigenvalue weighted by Crippen LogP contribution is -2.51. The second-order valence-electron chi connectivity index (χ2n) is 5.51. The second-order valence-corrected chi connectivity index (χ2v) is 5.51. The molecule has 3 rings (SSSR count). The fraction of sp³-hybridized carbons (Fsp3) is 0.312. The highest BCUT2D eigenvalue weighted by atomic mass is 16.2. The van der Waals surface area contributed by atoms with Gasteiger partial charge in [-0.05, 0) is 30.7 Å². The molecule has 0 radical (unpaired) electrons. The van der Waals surface area contributed by atoms with Gasteiger partial charge in [-0.3, -0.25) is 9.48 Å². The van der Waals surface area contributed by atoms with Crippen LogP contribution in [0.2, 0.25) is 0 Å². The van der Waals surface area contributed by atoms with Gasteiger partial charge in [0.1, 0.15) is 0 Å². The van der Waals surface area contributed by atoms with Crippen LogP contribution in [0.25, 0.3) is 0 Å². The first-order valence-corrected chi connectivity index (χ1v) is 6.94. The highest BCUT2D eigenvalue weighted by Crippen LogP contribution is 2.20. The first-order valence-electron chi connectivity index (χ1n) is 6.94. The zero-order chi connectivity index (χ0) is 14.8. The van der Waals surface area contributed by atoms with Crippen molar-refractivity contribution in [2.24, 2.45) is 5.92 Å². The minimum Gasteiger partial charge on any atom is -0.338 e. The van der Waals surface area contributed by atoms with E-state index < -0.39 is 0 Å². The Morgan fingerprint density at radius 1 is 1.48 bits per heavy atom. The molecule has 2 heterocycles. The van der Waals surface area contributed by atoms with Crippen LogP contribution in [0.3, 0.4) is 0 Å². The van der Waals surface area contributed by atoms with E-state index in [1.165, 1.54) is 0 Å². The monoisotopic (exact) mass is 280 g/mol. The van der Waals surface area contributed by atoms with Gasteiger partial charge in [0.15, 0.2) is 0 Å². The van der Waals surface area contributed by atoms with E-state index in [0.717, 1.165) is 25.2 Å². The number of carbonyl (C=O) groups excluding carboxylic acids is 1. The van der Waals surface area contributed by atoms with E-state index in [2.05, 4.69) is 11.2 Å². The molecule has 1 aliphatic heterocycles. The number of hydrogen-bond acceptors (Lipinski definition) is 3. The summed E-state index contributed by atoms with van der Waals surface area (Å²) in [5, 5.41) is 13.1. The van der Waals surface area contributed by atoms with Gasteiger partial charge in [-0.25, -0.2) is 0 Å². The van der Waals surface area contributed by atoms with Crippen LogP contribution in [0.15, 0.2) is 36.7 Å². The number of nitrogens with zero attached hydrogens (tertiary/aromatic N) is 4. The van der Waals surface area contributed by atoms with Crippen molar-refractivity contribution in [1.29, 1.82) is 5.26 Å². The van der Waals surface area contributed by atoms with E-state index in [9.17, 15) is 4.79 Å². The Labute approximate surface area is 123 Å². The Morgan fingerprint density at radius 3 is 2.95 bits per heavy atom. The maximum Gasteiger partial charge on any atom is 0.253 e. The van der Waals surface area contributed by atoms with Crippen molar-refractivity contribution < 1.29 is 4.79 Å². The zero-order valence-corrected chi connectivity index (χ0v) is 11.9. The number of rotatable bonds is 3. The van der Waals surface area contributed by atoms with Crippen molar-refractivity contribution in [3.8, 4) is 6.07 Å². The summed E-state index contributed by atoms with van der Waals surface area (Å²) in [6.07, 6.45) is 3.86. The lowest BCUT2D eigenvalue weighted by Gasteiger charge is -2.39. The molecule has 1 amide bonds. The summed E-state index contributed by atoms with van der Waals surface area (Å²) in [5.41, 5.74) is 2.25. The van der Waals surface area contributed by atoms with Gasteiger partial charge < -0.3 is 4.90 Å². The van der Waals surface area contributed by atoms with Crippen LogP contribution in [-0.2, 0) is 6.54 Å². The Bertz CT molecular complexity index is 707. The summed E-state index contributed by atoms with van der Waals surface area (Å²) < 4.78 is 1.93. The van der Waals surface area contributed by atoms with Crippen molar-refractivity contribution in [2.75, 3.05) is 13.1 Å². The second kappa shape index (κ2) is 5.41. The van der Waals surface area contributed by atoms with Gasteiger partial charge in [0.2, 0.25) is 0 Å². The van der Waals surface area contributed by atoms with Crippen LogP contribution >= 0.6 is 0 Å². The molecule has 1 aromatic heterocycles. The number of aromatic nitrogens is 2. The molecule has 1 saturated heterocycles. The molecular weight excluding hydrogens is 264 g/mol. The molecule has 0 saturated carbocycles. The highest BCUT2D eigenvalue weighted by Gasteiger charge is 2.31. The van der Waals surface area contributed by atoms with E-state index >= 15 is 0 Å². The molecule has 1 aromatic carbocycles. The topological polar surface area (TPSA) is 61.9 Å². The normalized spacial score (nSPS) is 14.6. The fourth-order valence-electron chi connectivity index (χ4n) is 2.59. The largest absolute Gasteiger partial charge is 0.338 e. The quantitative estimate of drug-likeness (QED) is 0.861. The highest BCUT2D eigenvalue weighted by molar-refractivity contribution is 5.95. The summed E-state index contributed by atoms with van der Waals surface area (Å²) in [6.45, 7) is 4.35. The maximum atomic E-state index is 12.3. The van der Waals surface area contributed by atoms with Crippen LogP contribution in [-0.4, -0.2) is 33.7 Å². The number of carbonyl (C=O) groups is 1. The number of amides is 1. The average Bonchev–Trinajstić information content (AvgIpc) is 2.87. The van der Waals surface area contributed by atoms with Crippen molar-refractivity contribution in [3.05, 3.63) is 53.3 Å². The standard InChI is InChI=1S/C16H16N4O/c1-12-7-18-20(8-12)11-14-9-19(10-14)16(21)15-4-2-3-13(5-15)6-17/h2-5,7-8,14H,9-11H2,1H3. The zero-order valence-electron chi connectivity index (χ0n) is 11.9. The van der Waals surface area contributed by atoms with Gasteiger partial charge in [-0.2, -0.15) is 10.4 Å². The molecule has 1 fully saturated rings. The third-order valence-electron chi connectivity index (χ3n) is 3.69. The van der Waals surface area contributed by atoms with Crippen molar-refractivity contribution in [3.63, 3.8) is 0 Å². The van der Waals surface area contributed by atoms with E-state index in [0.29, 0.717) is 17.0 Å². The molecule has 1 aliphatic rings. The number of aryl methyl sites for hydroxylation is 1. The molecule has 0 aliphatic carbocycles. The SMILES string of the molecule is Cc1cnn(CC2CN(C(=O)c3cccc(C#N)c3)C2)c1. The molecule has 106 valence electrons. The Balaban J connectivity index is 1.58. The van der Waals surface area contributed by atoms with Crippen LogP contribution in [0, 0.1) is 24.2 Å². The van der Waals surface area contributed by atoms with Gasteiger partial charge in [0.05, 0.1) is 17.8 Å². The van der Waals surface area contributed by atoms with Gasteiger partial charge in [-0.1, -0.05) is 6.07 Å². The van der Waals surface area contributed by atoms with Gasteiger partial charge >= 0.3 is 0 Å².